The summed E-state index contributed by atoms with van der Waals surface area (Å²) in [5.74, 6) is -0.450. The van der Waals surface area contributed by atoms with E-state index in [-0.39, 0.29) is 21.9 Å². The summed E-state index contributed by atoms with van der Waals surface area (Å²) < 4.78 is 23.3. The number of nitrogens with one attached hydrogen (secondary N) is 1. The quantitative estimate of drug-likeness (QED) is 0.519. The first kappa shape index (κ1) is 24.7. The second-order valence-corrected chi connectivity index (χ2v) is 11.6. The second kappa shape index (κ2) is 10.1. The van der Waals surface area contributed by atoms with E-state index in [4.69, 9.17) is 0 Å². The summed E-state index contributed by atoms with van der Waals surface area (Å²) in [6, 6.07) is 21.7. The molecule has 1 unspecified atom stereocenters. The Morgan fingerprint density at radius 1 is 0.943 bits per heavy atom. The van der Waals surface area contributed by atoms with Crippen molar-refractivity contribution in [2.45, 2.75) is 23.1 Å². The average molecular weight is 509 g/mol. The molecule has 1 aliphatic heterocycles. The Bertz CT molecular complexity index is 1380. The lowest BCUT2D eigenvalue weighted by Gasteiger charge is -2.18. The number of sulfone groups is 1. The number of amides is 3. The molecule has 0 saturated carbocycles. The van der Waals surface area contributed by atoms with Gasteiger partial charge in [0.2, 0.25) is 5.91 Å². The minimum atomic E-state index is -3.32. The molecule has 0 bridgehead atoms. The van der Waals surface area contributed by atoms with Crippen molar-refractivity contribution in [2.75, 3.05) is 13.3 Å². The van der Waals surface area contributed by atoms with Gasteiger partial charge >= 0.3 is 0 Å². The summed E-state index contributed by atoms with van der Waals surface area (Å²) in [5, 5.41) is 1.61. The molecule has 3 amide bonds. The van der Waals surface area contributed by atoms with E-state index in [9.17, 15) is 22.8 Å². The van der Waals surface area contributed by atoms with E-state index in [1.807, 2.05) is 48.5 Å². The van der Waals surface area contributed by atoms with Gasteiger partial charge in [-0.3, -0.25) is 19.7 Å². The average Bonchev–Trinajstić information content (AvgIpc) is 3.15. The first-order valence-corrected chi connectivity index (χ1v) is 13.6. The fourth-order valence-electron chi connectivity index (χ4n) is 3.83. The Labute approximate surface area is 208 Å². The fourth-order valence-corrected chi connectivity index (χ4v) is 5.33. The highest BCUT2D eigenvalue weighted by Gasteiger charge is 2.31. The molecule has 7 nitrogen and oxygen atoms in total. The van der Waals surface area contributed by atoms with Crippen molar-refractivity contribution in [1.29, 1.82) is 0 Å². The second-order valence-electron chi connectivity index (χ2n) is 8.44. The largest absolute Gasteiger partial charge is 0.337 e. The molecule has 3 aromatic carbocycles. The summed E-state index contributed by atoms with van der Waals surface area (Å²) in [6.07, 6.45) is 1.62. The SMILES string of the molecule is CN(Cc1cccc(-c2ccc(CC3SC(=O)NC3=O)cc2)c1)C(=O)c1ccc(S(C)(=O)=O)cc1. The van der Waals surface area contributed by atoms with Crippen LogP contribution in [0.15, 0.2) is 77.7 Å². The number of benzene rings is 3. The van der Waals surface area contributed by atoms with E-state index in [2.05, 4.69) is 5.32 Å². The maximum absolute atomic E-state index is 12.8. The van der Waals surface area contributed by atoms with Gasteiger partial charge in [0.05, 0.1) is 10.1 Å². The van der Waals surface area contributed by atoms with Crippen LogP contribution in [0.3, 0.4) is 0 Å². The van der Waals surface area contributed by atoms with Crippen molar-refractivity contribution in [3.63, 3.8) is 0 Å². The first-order valence-electron chi connectivity index (χ1n) is 10.9. The molecular weight excluding hydrogens is 484 g/mol. The number of rotatable bonds is 7. The van der Waals surface area contributed by atoms with Gasteiger partial charge in [-0.25, -0.2) is 8.42 Å². The molecule has 4 rings (SSSR count). The van der Waals surface area contributed by atoms with Gasteiger partial charge in [-0.2, -0.15) is 0 Å². The van der Waals surface area contributed by atoms with Gasteiger partial charge in [-0.15, -0.1) is 0 Å². The highest BCUT2D eigenvalue weighted by atomic mass is 32.2. The molecule has 1 saturated heterocycles. The Morgan fingerprint density at radius 3 is 2.23 bits per heavy atom. The zero-order chi connectivity index (χ0) is 25.2. The van der Waals surface area contributed by atoms with E-state index >= 15 is 0 Å². The van der Waals surface area contributed by atoms with Crippen molar-refractivity contribution in [3.05, 3.63) is 89.5 Å². The van der Waals surface area contributed by atoms with Crippen molar-refractivity contribution in [1.82, 2.24) is 10.2 Å². The van der Waals surface area contributed by atoms with E-state index < -0.39 is 15.1 Å². The van der Waals surface area contributed by atoms with Gasteiger partial charge in [0, 0.05) is 25.4 Å². The van der Waals surface area contributed by atoms with E-state index in [0.717, 1.165) is 40.3 Å². The lowest BCUT2D eigenvalue weighted by molar-refractivity contribution is -0.118. The van der Waals surface area contributed by atoms with Crippen molar-refractivity contribution in [3.8, 4) is 11.1 Å². The Morgan fingerprint density at radius 2 is 1.63 bits per heavy atom. The summed E-state index contributed by atoms with van der Waals surface area (Å²) in [7, 11) is -1.61. The highest BCUT2D eigenvalue weighted by molar-refractivity contribution is 8.15. The monoisotopic (exact) mass is 508 g/mol. The fraction of sp³-hybridized carbons (Fsp3) is 0.192. The van der Waals surface area contributed by atoms with Crippen LogP contribution >= 0.6 is 11.8 Å². The van der Waals surface area contributed by atoms with Gasteiger partial charge in [0.1, 0.15) is 0 Å². The lowest BCUT2D eigenvalue weighted by Crippen LogP contribution is -2.26. The van der Waals surface area contributed by atoms with Crippen molar-refractivity contribution < 1.29 is 22.8 Å². The number of thioether (sulfide) groups is 1. The molecule has 35 heavy (non-hydrogen) atoms. The van der Waals surface area contributed by atoms with Crippen LogP contribution in [0.4, 0.5) is 4.79 Å². The molecule has 1 N–H and O–H groups in total. The van der Waals surface area contributed by atoms with Crippen LogP contribution in [0, 0.1) is 0 Å². The molecule has 1 aliphatic rings. The normalized spacial score (nSPS) is 15.7. The van der Waals surface area contributed by atoms with E-state index in [0.29, 0.717) is 18.5 Å². The zero-order valence-electron chi connectivity index (χ0n) is 19.2. The molecule has 0 aromatic heterocycles. The predicted octanol–water partition coefficient (Wildman–Crippen LogP) is 3.92. The molecule has 0 radical (unpaired) electrons. The summed E-state index contributed by atoms with van der Waals surface area (Å²) >= 11 is 1.02. The molecule has 0 aliphatic carbocycles. The van der Waals surface area contributed by atoms with Gasteiger partial charge < -0.3 is 4.90 Å². The Balaban J connectivity index is 1.42. The van der Waals surface area contributed by atoms with Crippen LogP contribution in [0.2, 0.25) is 0 Å². The van der Waals surface area contributed by atoms with Crippen LogP contribution in [0.25, 0.3) is 11.1 Å². The summed E-state index contributed by atoms with van der Waals surface area (Å²) in [5.41, 5.74) is 4.34. The molecule has 180 valence electrons. The maximum Gasteiger partial charge on any atom is 0.286 e. The first-order chi connectivity index (χ1) is 16.6. The smallest absolute Gasteiger partial charge is 0.286 e. The number of carbonyl (C=O) groups excluding carboxylic acids is 3. The minimum absolute atomic E-state index is 0.175. The number of hydrogen-bond acceptors (Lipinski definition) is 6. The maximum atomic E-state index is 12.8. The zero-order valence-corrected chi connectivity index (χ0v) is 20.9. The molecule has 1 heterocycles. The van der Waals surface area contributed by atoms with Crippen LogP contribution in [0.1, 0.15) is 21.5 Å². The van der Waals surface area contributed by atoms with Gasteiger partial charge in [-0.1, -0.05) is 54.2 Å². The summed E-state index contributed by atoms with van der Waals surface area (Å²) in [6.45, 7) is 0.390. The van der Waals surface area contributed by atoms with Crippen LogP contribution < -0.4 is 5.32 Å². The Kier molecular flexibility index (Phi) is 7.09. The number of nitrogens with zero attached hydrogens (tertiary/aromatic N) is 1. The van der Waals surface area contributed by atoms with Crippen molar-refractivity contribution in [2.24, 2.45) is 0 Å². The third-order valence-electron chi connectivity index (χ3n) is 5.70. The molecule has 3 aromatic rings. The topological polar surface area (TPSA) is 101 Å². The highest BCUT2D eigenvalue weighted by Crippen LogP contribution is 2.26. The molecule has 1 atom stereocenters. The molecule has 9 heteroatoms. The number of carbonyl (C=O) groups is 3. The number of hydrogen-bond donors (Lipinski definition) is 1. The minimum Gasteiger partial charge on any atom is -0.337 e. The van der Waals surface area contributed by atoms with Crippen LogP contribution in [-0.2, 0) is 27.6 Å². The standard InChI is InChI=1S/C26H24N2O5S2/c1-28(25(30)20-10-12-22(13-11-20)35(2,32)33)16-18-4-3-5-21(14-18)19-8-6-17(7-9-19)15-23-24(29)27-26(31)34-23/h3-14,23H,15-16H2,1-2H3,(H,27,29,31). The van der Waals surface area contributed by atoms with Gasteiger partial charge in [0.25, 0.3) is 11.1 Å². The Hall–Kier alpha value is -3.43. The lowest BCUT2D eigenvalue weighted by atomic mass is 10.00. The third kappa shape index (κ3) is 5.98. The number of imide groups is 1. The predicted molar refractivity (Wildman–Crippen MR) is 136 cm³/mol. The van der Waals surface area contributed by atoms with Gasteiger partial charge in [-0.05, 0) is 59.0 Å². The summed E-state index contributed by atoms with van der Waals surface area (Å²) in [4.78, 5) is 37.7. The molecular formula is C26H24N2O5S2. The van der Waals surface area contributed by atoms with Gasteiger partial charge in [0.15, 0.2) is 9.84 Å². The van der Waals surface area contributed by atoms with E-state index in [1.54, 1.807) is 11.9 Å². The van der Waals surface area contributed by atoms with Crippen LogP contribution in [0.5, 0.6) is 0 Å². The van der Waals surface area contributed by atoms with Crippen molar-refractivity contribution >= 4 is 38.7 Å². The van der Waals surface area contributed by atoms with E-state index in [1.165, 1.54) is 24.3 Å². The molecule has 1 fully saturated rings. The van der Waals surface area contributed by atoms with Crippen LogP contribution in [-0.4, -0.2) is 48.9 Å². The third-order valence-corrected chi connectivity index (χ3v) is 7.81. The molecule has 0 spiro atoms.